The van der Waals surface area contributed by atoms with Crippen molar-refractivity contribution >= 4 is 11.6 Å². The third kappa shape index (κ3) is 2.12. The molecular formula is C9H12ClNO2. The molecule has 72 valence electrons. The van der Waals surface area contributed by atoms with E-state index in [-0.39, 0.29) is 6.54 Å². The summed E-state index contributed by atoms with van der Waals surface area (Å²) in [6.07, 6.45) is -0.728. The van der Waals surface area contributed by atoms with E-state index in [0.29, 0.717) is 16.3 Å². The summed E-state index contributed by atoms with van der Waals surface area (Å²) in [6.45, 7) is 0.150. The molecule has 3 nitrogen and oxygen atoms in total. The number of benzene rings is 1. The van der Waals surface area contributed by atoms with Crippen LogP contribution in [0, 0.1) is 0 Å². The van der Waals surface area contributed by atoms with Crippen LogP contribution in [0.15, 0.2) is 18.2 Å². The van der Waals surface area contributed by atoms with Crippen LogP contribution in [0.2, 0.25) is 5.02 Å². The van der Waals surface area contributed by atoms with Gasteiger partial charge in [0, 0.05) is 12.1 Å². The molecule has 13 heavy (non-hydrogen) atoms. The van der Waals surface area contributed by atoms with Gasteiger partial charge in [-0.05, 0) is 6.07 Å². The number of halogens is 1. The molecule has 1 atom stereocenters. The molecule has 0 aromatic heterocycles. The quantitative estimate of drug-likeness (QED) is 0.776. The van der Waals surface area contributed by atoms with Crippen LogP contribution in [0.3, 0.4) is 0 Å². The van der Waals surface area contributed by atoms with Crippen molar-refractivity contribution in [1.82, 2.24) is 0 Å². The minimum absolute atomic E-state index is 0.150. The van der Waals surface area contributed by atoms with Gasteiger partial charge < -0.3 is 15.6 Å². The Kier molecular flexibility index (Phi) is 3.54. The van der Waals surface area contributed by atoms with Crippen LogP contribution in [0.5, 0.6) is 5.75 Å². The van der Waals surface area contributed by atoms with Crippen LogP contribution in [-0.4, -0.2) is 18.8 Å². The Morgan fingerprint density at radius 3 is 2.85 bits per heavy atom. The summed E-state index contributed by atoms with van der Waals surface area (Å²) < 4.78 is 5.05. The molecule has 0 heterocycles. The van der Waals surface area contributed by atoms with Gasteiger partial charge >= 0.3 is 0 Å². The lowest BCUT2D eigenvalue weighted by atomic mass is 10.1. The predicted octanol–water partition coefficient (Wildman–Crippen LogP) is 1.34. The first-order chi connectivity index (χ1) is 6.20. The van der Waals surface area contributed by atoms with E-state index in [1.165, 1.54) is 7.11 Å². The summed E-state index contributed by atoms with van der Waals surface area (Å²) in [4.78, 5) is 0. The van der Waals surface area contributed by atoms with Gasteiger partial charge in [-0.3, -0.25) is 0 Å². The Bertz CT molecular complexity index is 291. The van der Waals surface area contributed by atoms with Gasteiger partial charge in [-0.25, -0.2) is 0 Å². The highest BCUT2D eigenvalue weighted by Gasteiger charge is 2.13. The number of ether oxygens (including phenoxy) is 1. The summed E-state index contributed by atoms with van der Waals surface area (Å²) in [7, 11) is 1.51. The van der Waals surface area contributed by atoms with E-state index in [1.54, 1.807) is 18.2 Å². The molecule has 0 saturated carbocycles. The number of methoxy groups -OCH3 is 1. The zero-order valence-electron chi connectivity index (χ0n) is 7.33. The minimum atomic E-state index is -0.728. The monoisotopic (exact) mass is 201 g/mol. The number of aliphatic hydroxyl groups excluding tert-OH is 1. The van der Waals surface area contributed by atoms with Crippen LogP contribution < -0.4 is 10.5 Å². The first kappa shape index (κ1) is 10.3. The Morgan fingerprint density at radius 1 is 1.62 bits per heavy atom. The highest BCUT2D eigenvalue weighted by Crippen LogP contribution is 2.31. The van der Waals surface area contributed by atoms with E-state index < -0.39 is 6.10 Å². The van der Waals surface area contributed by atoms with E-state index >= 15 is 0 Å². The summed E-state index contributed by atoms with van der Waals surface area (Å²) in [5.41, 5.74) is 5.95. The molecule has 0 unspecified atom stereocenters. The van der Waals surface area contributed by atoms with Crippen molar-refractivity contribution < 1.29 is 9.84 Å². The Labute approximate surface area is 82.1 Å². The van der Waals surface area contributed by atoms with E-state index in [2.05, 4.69) is 0 Å². The predicted molar refractivity (Wildman–Crippen MR) is 52.0 cm³/mol. The van der Waals surface area contributed by atoms with Gasteiger partial charge in [0.25, 0.3) is 0 Å². The molecule has 0 saturated heterocycles. The highest BCUT2D eigenvalue weighted by molar-refractivity contribution is 6.32. The molecule has 1 aromatic carbocycles. The lowest BCUT2D eigenvalue weighted by molar-refractivity contribution is 0.182. The molecule has 1 aromatic rings. The van der Waals surface area contributed by atoms with Gasteiger partial charge in [-0.1, -0.05) is 23.7 Å². The Morgan fingerprint density at radius 2 is 2.31 bits per heavy atom. The molecule has 0 bridgehead atoms. The van der Waals surface area contributed by atoms with Crippen LogP contribution in [0.4, 0.5) is 0 Å². The van der Waals surface area contributed by atoms with Gasteiger partial charge in [0.1, 0.15) is 5.75 Å². The van der Waals surface area contributed by atoms with Crippen LogP contribution >= 0.6 is 11.6 Å². The van der Waals surface area contributed by atoms with Gasteiger partial charge in [-0.2, -0.15) is 0 Å². The summed E-state index contributed by atoms with van der Waals surface area (Å²) in [5.74, 6) is 0.488. The van der Waals surface area contributed by atoms with E-state index in [1.807, 2.05) is 0 Å². The molecule has 0 amide bonds. The number of aliphatic hydroxyl groups is 1. The van der Waals surface area contributed by atoms with Gasteiger partial charge in [0.05, 0.1) is 18.2 Å². The van der Waals surface area contributed by atoms with Crippen molar-refractivity contribution in [3.05, 3.63) is 28.8 Å². The van der Waals surface area contributed by atoms with E-state index in [4.69, 9.17) is 22.1 Å². The fraction of sp³-hybridized carbons (Fsp3) is 0.333. The molecule has 4 heteroatoms. The van der Waals surface area contributed by atoms with Crippen molar-refractivity contribution in [3.63, 3.8) is 0 Å². The van der Waals surface area contributed by atoms with Crippen molar-refractivity contribution in [2.24, 2.45) is 5.73 Å². The molecular weight excluding hydrogens is 190 g/mol. The highest BCUT2D eigenvalue weighted by atomic mass is 35.5. The molecule has 1 rings (SSSR count). The Balaban J connectivity index is 3.12. The summed E-state index contributed by atoms with van der Waals surface area (Å²) in [6, 6.07) is 5.19. The van der Waals surface area contributed by atoms with Crippen molar-refractivity contribution in [1.29, 1.82) is 0 Å². The molecule has 0 radical (unpaired) electrons. The molecule has 0 aliphatic carbocycles. The second kappa shape index (κ2) is 4.46. The lowest BCUT2D eigenvalue weighted by Crippen LogP contribution is -2.12. The van der Waals surface area contributed by atoms with Crippen LogP contribution in [0.1, 0.15) is 11.7 Å². The number of rotatable bonds is 3. The first-order valence-corrected chi connectivity index (χ1v) is 4.29. The third-order valence-corrected chi connectivity index (χ3v) is 2.08. The molecule has 3 N–H and O–H groups in total. The molecule has 0 spiro atoms. The maximum Gasteiger partial charge on any atom is 0.143 e. The topological polar surface area (TPSA) is 55.5 Å². The maximum absolute atomic E-state index is 9.50. The summed E-state index contributed by atoms with van der Waals surface area (Å²) >= 11 is 5.85. The normalized spacial score (nSPS) is 12.6. The van der Waals surface area contributed by atoms with Crippen molar-refractivity contribution in [3.8, 4) is 5.75 Å². The SMILES string of the molecule is COc1c(Cl)cccc1[C@H](O)CN. The van der Waals surface area contributed by atoms with Crippen LogP contribution in [0.25, 0.3) is 0 Å². The molecule has 0 aliphatic heterocycles. The molecule has 0 fully saturated rings. The number of nitrogens with two attached hydrogens (primary N) is 1. The van der Waals surface area contributed by atoms with Crippen molar-refractivity contribution in [2.45, 2.75) is 6.10 Å². The van der Waals surface area contributed by atoms with Gasteiger partial charge in [0.2, 0.25) is 0 Å². The van der Waals surface area contributed by atoms with E-state index in [9.17, 15) is 5.11 Å². The van der Waals surface area contributed by atoms with Gasteiger partial charge in [0.15, 0.2) is 0 Å². The smallest absolute Gasteiger partial charge is 0.143 e. The second-order valence-corrected chi connectivity index (χ2v) is 3.02. The number of hydrogen-bond donors (Lipinski definition) is 2. The largest absolute Gasteiger partial charge is 0.495 e. The first-order valence-electron chi connectivity index (χ1n) is 3.91. The summed E-state index contributed by atoms with van der Waals surface area (Å²) in [5, 5.41) is 9.98. The fourth-order valence-electron chi connectivity index (χ4n) is 1.13. The van der Waals surface area contributed by atoms with Crippen LogP contribution in [-0.2, 0) is 0 Å². The van der Waals surface area contributed by atoms with Crippen molar-refractivity contribution in [2.75, 3.05) is 13.7 Å². The lowest BCUT2D eigenvalue weighted by Gasteiger charge is -2.13. The average molecular weight is 202 g/mol. The average Bonchev–Trinajstić information content (AvgIpc) is 2.16. The number of hydrogen-bond acceptors (Lipinski definition) is 3. The standard InChI is InChI=1S/C9H12ClNO2/c1-13-9-6(8(12)5-11)3-2-4-7(9)10/h2-4,8,12H,5,11H2,1H3/t8-/m1/s1. The zero-order valence-corrected chi connectivity index (χ0v) is 8.08. The number of para-hydroxylation sites is 1. The zero-order chi connectivity index (χ0) is 9.84. The minimum Gasteiger partial charge on any atom is -0.495 e. The second-order valence-electron chi connectivity index (χ2n) is 2.61. The Hall–Kier alpha value is -0.770. The third-order valence-electron chi connectivity index (χ3n) is 1.78. The fourth-order valence-corrected chi connectivity index (χ4v) is 1.39. The molecule has 0 aliphatic rings. The van der Waals surface area contributed by atoms with E-state index in [0.717, 1.165) is 0 Å². The van der Waals surface area contributed by atoms with Gasteiger partial charge in [-0.15, -0.1) is 0 Å². The maximum atomic E-state index is 9.50.